The van der Waals surface area contributed by atoms with Gasteiger partial charge in [-0.2, -0.15) is 0 Å². The van der Waals surface area contributed by atoms with Crippen molar-refractivity contribution < 1.29 is 10.2 Å². The van der Waals surface area contributed by atoms with Crippen molar-refractivity contribution in [3.05, 3.63) is 70.3 Å². The summed E-state index contributed by atoms with van der Waals surface area (Å²) >= 11 is 0. The van der Waals surface area contributed by atoms with Crippen LogP contribution in [0.15, 0.2) is 42.5 Å². The zero-order chi connectivity index (χ0) is 18.3. The lowest BCUT2D eigenvalue weighted by Gasteiger charge is -2.17. The maximum absolute atomic E-state index is 9.97. The number of hydrogen-bond acceptors (Lipinski definition) is 2. The lowest BCUT2D eigenvalue weighted by molar-refractivity contribution is 0.470. The van der Waals surface area contributed by atoms with E-state index in [0.717, 1.165) is 33.4 Å². The molecule has 25 heavy (non-hydrogen) atoms. The van der Waals surface area contributed by atoms with Crippen molar-refractivity contribution in [1.29, 1.82) is 0 Å². The molecule has 0 atom stereocenters. The molecule has 2 heteroatoms. The van der Waals surface area contributed by atoms with Crippen molar-refractivity contribution in [1.82, 2.24) is 0 Å². The molecule has 0 fully saturated rings. The molecule has 2 nitrogen and oxygen atoms in total. The van der Waals surface area contributed by atoms with Crippen molar-refractivity contribution in [3.63, 3.8) is 0 Å². The highest BCUT2D eigenvalue weighted by molar-refractivity contribution is 5.80. The third-order valence-corrected chi connectivity index (χ3v) is 5.24. The van der Waals surface area contributed by atoms with Gasteiger partial charge in [-0.3, -0.25) is 0 Å². The van der Waals surface area contributed by atoms with E-state index in [0.29, 0.717) is 5.75 Å². The Morgan fingerprint density at radius 3 is 1.92 bits per heavy atom. The van der Waals surface area contributed by atoms with Gasteiger partial charge in [-0.1, -0.05) is 18.2 Å². The number of phenols is 2. The van der Waals surface area contributed by atoms with Crippen LogP contribution in [0.4, 0.5) is 0 Å². The van der Waals surface area contributed by atoms with E-state index in [1.54, 1.807) is 18.2 Å². The van der Waals surface area contributed by atoms with Crippen LogP contribution in [0.2, 0.25) is 0 Å². The van der Waals surface area contributed by atoms with Gasteiger partial charge in [0, 0.05) is 0 Å². The second-order valence-electron chi connectivity index (χ2n) is 6.85. The minimum absolute atomic E-state index is 0.287. The SMILES string of the molecule is Cc1cc(O)ccc1-c1cc(C)c(C)c(-c2ccc(O)c(C)c2C)c1. The highest BCUT2D eigenvalue weighted by atomic mass is 16.3. The van der Waals surface area contributed by atoms with E-state index in [1.165, 1.54) is 16.7 Å². The summed E-state index contributed by atoms with van der Waals surface area (Å²) in [4.78, 5) is 0. The van der Waals surface area contributed by atoms with Gasteiger partial charge in [0.15, 0.2) is 0 Å². The van der Waals surface area contributed by atoms with Gasteiger partial charge in [0.1, 0.15) is 11.5 Å². The Hall–Kier alpha value is -2.74. The standard InChI is InChI=1S/C23H24O2/c1-13-10-18(20-7-6-19(24)11-14(20)2)12-22(15(13)3)21-8-9-23(25)17(5)16(21)4/h6-12,24-25H,1-5H3. The third-order valence-electron chi connectivity index (χ3n) is 5.24. The predicted molar refractivity (Wildman–Crippen MR) is 104 cm³/mol. The normalized spacial score (nSPS) is 10.9. The third kappa shape index (κ3) is 3.00. The quantitative estimate of drug-likeness (QED) is 0.606. The molecule has 0 saturated heterocycles. The Balaban J connectivity index is 2.26. The molecule has 0 aliphatic rings. The van der Waals surface area contributed by atoms with Gasteiger partial charge in [0.25, 0.3) is 0 Å². The first-order chi connectivity index (χ1) is 11.8. The van der Waals surface area contributed by atoms with Crippen LogP contribution in [0.3, 0.4) is 0 Å². The van der Waals surface area contributed by atoms with Crippen molar-refractivity contribution in [2.24, 2.45) is 0 Å². The number of hydrogen-bond donors (Lipinski definition) is 2. The largest absolute Gasteiger partial charge is 0.508 e. The molecule has 3 rings (SSSR count). The molecule has 0 aliphatic heterocycles. The molecule has 0 saturated carbocycles. The summed E-state index contributed by atoms with van der Waals surface area (Å²) in [6.45, 7) is 10.3. The summed E-state index contributed by atoms with van der Waals surface area (Å²) in [7, 11) is 0. The van der Waals surface area contributed by atoms with Gasteiger partial charge in [-0.15, -0.1) is 0 Å². The lowest BCUT2D eigenvalue weighted by Crippen LogP contribution is -1.95. The maximum Gasteiger partial charge on any atom is 0.118 e. The molecule has 0 heterocycles. The van der Waals surface area contributed by atoms with Crippen LogP contribution >= 0.6 is 0 Å². The summed E-state index contributed by atoms with van der Waals surface area (Å²) in [6.07, 6.45) is 0. The van der Waals surface area contributed by atoms with Crippen molar-refractivity contribution in [2.75, 3.05) is 0 Å². The highest BCUT2D eigenvalue weighted by Gasteiger charge is 2.13. The summed E-state index contributed by atoms with van der Waals surface area (Å²) in [6, 6.07) is 13.7. The molecular weight excluding hydrogens is 308 g/mol. The van der Waals surface area contributed by atoms with E-state index in [-0.39, 0.29) is 5.75 Å². The van der Waals surface area contributed by atoms with Crippen LogP contribution in [0, 0.1) is 34.6 Å². The zero-order valence-electron chi connectivity index (χ0n) is 15.4. The van der Waals surface area contributed by atoms with Crippen LogP contribution < -0.4 is 0 Å². The van der Waals surface area contributed by atoms with E-state index in [1.807, 2.05) is 26.0 Å². The highest BCUT2D eigenvalue weighted by Crippen LogP contribution is 2.37. The minimum Gasteiger partial charge on any atom is -0.508 e. The number of aryl methyl sites for hydroxylation is 2. The van der Waals surface area contributed by atoms with Crippen molar-refractivity contribution in [2.45, 2.75) is 34.6 Å². The number of rotatable bonds is 2. The first kappa shape index (κ1) is 17.1. The second kappa shape index (κ2) is 6.29. The number of phenolic OH excluding ortho intramolecular Hbond substituents is 2. The summed E-state index contributed by atoms with van der Waals surface area (Å²) in [5.74, 6) is 0.622. The first-order valence-electron chi connectivity index (χ1n) is 8.50. The number of benzene rings is 3. The zero-order valence-corrected chi connectivity index (χ0v) is 15.4. The molecule has 0 aromatic heterocycles. The maximum atomic E-state index is 9.97. The molecule has 3 aromatic rings. The molecule has 2 N–H and O–H groups in total. The van der Waals surface area contributed by atoms with Gasteiger partial charge < -0.3 is 10.2 Å². The molecule has 0 aliphatic carbocycles. The molecular formula is C23H24O2. The van der Waals surface area contributed by atoms with Crippen LogP contribution in [0.5, 0.6) is 11.5 Å². The van der Waals surface area contributed by atoms with E-state index in [9.17, 15) is 10.2 Å². The Morgan fingerprint density at radius 1 is 0.560 bits per heavy atom. The van der Waals surface area contributed by atoms with Gasteiger partial charge >= 0.3 is 0 Å². The fourth-order valence-corrected chi connectivity index (χ4v) is 3.36. The molecule has 128 valence electrons. The fourth-order valence-electron chi connectivity index (χ4n) is 3.36. The summed E-state index contributed by atoms with van der Waals surface area (Å²) < 4.78 is 0. The Labute approximate surface area is 149 Å². The van der Waals surface area contributed by atoms with Crippen LogP contribution in [0.1, 0.15) is 27.8 Å². The topological polar surface area (TPSA) is 40.5 Å². The minimum atomic E-state index is 0.287. The van der Waals surface area contributed by atoms with Gasteiger partial charge in [-0.25, -0.2) is 0 Å². The molecule has 0 bridgehead atoms. The Morgan fingerprint density at radius 2 is 1.24 bits per heavy atom. The number of aromatic hydroxyl groups is 2. The molecule has 0 spiro atoms. The second-order valence-corrected chi connectivity index (χ2v) is 6.85. The summed E-state index contributed by atoms with van der Waals surface area (Å²) in [5, 5.41) is 19.7. The van der Waals surface area contributed by atoms with Crippen LogP contribution in [-0.4, -0.2) is 10.2 Å². The van der Waals surface area contributed by atoms with E-state index in [4.69, 9.17) is 0 Å². The van der Waals surface area contributed by atoms with E-state index >= 15 is 0 Å². The Kier molecular flexibility index (Phi) is 4.30. The van der Waals surface area contributed by atoms with Gasteiger partial charge in [0.05, 0.1) is 0 Å². The van der Waals surface area contributed by atoms with Crippen molar-refractivity contribution in [3.8, 4) is 33.8 Å². The molecule has 0 radical (unpaired) electrons. The van der Waals surface area contributed by atoms with Gasteiger partial charge in [0.2, 0.25) is 0 Å². The van der Waals surface area contributed by atoms with E-state index in [2.05, 4.69) is 32.9 Å². The monoisotopic (exact) mass is 332 g/mol. The van der Waals surface area contributed by atoms with Crippen LogP contribution in [0.25, 0.3) is 22.3 Å². The predicted octanol–water partition coefficient (Wildman–Crippen LogP) is 5.97. The van der Waals surface area contributed by atoms with Gasteiger partial charge in [-0.05, 0) is 109 Å². The smallest absolute Gasteiger partial charge is 0.118 e. The molecule has 0 amide bonds. The average Bonchev–Trinajstić information content (AvgIpc) is 2.56. The summed E-state index contributed by atoms with van der Waals surface area (Å²) in [5.41, 5.74) is 10.1. The Bertz CT molecular complexity index is 968. The van der Waals surface area contributed by atoms with Crippen LogP contribution in [-0.2, 0) is 0 Å². The molecule has 0 unspecified atom stereocenters. The lowest BCUT2D eigenvalue weighted by atomic mass is 9.88. The van der Waals surface area contributed by atoms with Crippen molar-refractivity contribution >= 4 is 0 Å². The first-order valence-corrected chi connectivity index (χ1v) is 8.50. The van der Waals surface area contributed by atoms with E-state index < -0.39 is 0 Å². The average molecular weight is 332 g/mol. The molecule has 3 aromatic carbocycles. The fraction of sp³-hybridized carbons (Fsp3) is 0.217.